The van der Waals surface area contributed by atoms with Crippen LogP contribution in [0.2, 0.25) is 0 Å². The molecule has 3 rings (SSSR count). The Morgan fingerprint density at radius 2 is 1.94 bits per heavy atom. The van der Waals surface area contributed by atoms with Crippen LogP contribution in [0.15, 0.2) is 12.3 Å². The third-order valence-corrected chi connectivity index (χ3v) is 4.38. The molecule has 0 aromatic carbocycles. The molecule has 2 N–H and O–H groups in total. The lowest BCUT2D eigenvalue weighted by Gasteiger charge is -2.35. The van der Waals surface area contributed by atoms with E-state index in [2.05, 4.69) is 14.9 Å². The van der Waals surface area contributed by atoms with Gasteiger partial charge in [0.05, 0.1) is 11.7 Å². The maximum Gasteiger partial charge on any atom is 0.220 e. The molecular formula is C14H22N4. The highest BCUT2D eigenvalue weighted by molar-refractivity contribution is 5.20. The smallest absolute Gasteiger partial charge is 0.220 e. The molecule has 0 bridgehead atoms. The van der Waals surface area contributed by atoms with Crippen LogP contribution in [0.1, 0.15) is 56.7 Å². The van der Waals surface area contributed by atoms with Crippen molar-refractivity contribution in [3.8, 4) is 0 Å². The van der Waals surface area contributed by atoms with Gasteiger partial charge in [-0.25, -0.2) is 9.97 Å². The Hall–Kier alpha value is -1.16. The lowest BCUT2D eigenvalue weighted by molar-refractivity contribution is 0.140. The van der Waals surface area contributed by atoms with Crippen LogP contribution in [-0.4, -0.2) is 27.5 Å². The Bertz CT molecular complexity index is 401. The minimum Gasteiger partial charge on any atom is -0.368 e. The predicted octanol–water partition coefficient (Wildman–Crippen LogP) is 2.53. The summed E-state index contributed by atoms with van der Waals surface area (Å²) in [5.74, 6) is 0.406. The molecule has 1 saturated heterocycles. The van der Waals surface area contributed by atoms with Crippen LogP contribution in [0.3, 0.4) is 0 Å². The number of nitrogen functional groups attached to an aromatic ring is 1. The second-order valence-electron chi connectivity index (χ2n) is 5.53. The summed E-state index contributed by atoms with van der Waals surface area (Å²) in [6.45, 7) is 1.22. The van der Waals surface area contributed by atoms with E-state index in [-0.39, 0.29) is 0 Å². The number of nitrogens with two attached hydrogens (primary N) is 1. The Morgan fingerprint density at radius 1 is 1.11 bits per heavy atom. The molecule has 1 aromatic rings. The summed E-state index contributed by atoms with van der Waals surface area (Å²) in [6.07, 6.45) is 11.2. The van der Waals surface area contributed by atoms with Gasteiger partial charge in [0.15, 0.2) is 0 Å². The lowest BCUT2D eigenvalue weighted by atomic mass is 9.93. The van der Waals surface area contributed by atoms with Crippen molar-refractivity contribution in [3.63, 3.8) is 0 Å². The van der Waals surface area contributed by atoms with Gasteiger partial charge in [-0.1, -0.05) is 19.3 Å². The van der Waals surface area contributed by atoms with E-state index < -0.39 is 0 Å². The summed E-state index contributed by atoms with van der Waals surface area (Å²) in [7, 11) is 0. The summed E-state index contributed by atoms with van der Waals surface area (Å²) < 4.78 is 0. The number of hydrogen-bond donors (Lipinski definition) is 1. The molecule has 1 atom stereocenters. The van der Waals surface area contributed by atoms with Crippen LogP contribution in [-0.2, 0) is 0 Å². The molecule has 0 amide bonds. The average Bonchev–Trinajstić information content (AvgIpc) is 2.89. The first-order chi connectivity index (χ1) is 8.84. The highest BCUT2D eigenvalue weighted by atomic mass is 15.2. The van der Waals surface area contributed by atoms with E-state index in [1.165, 1.54) is 51.5 Å². The molecule has 0 radical (unpaired) electrons. The third-order valence-electron chi connectivity index (χ3n) is 4.38. The average molecular weight is 246 g/mol. The fourth-order valence-electron chi connectivity index (χ4n) is 3.53. The minimum atomic E-state index is 0.406. The number of nitrogens with zero attached hydrogens (tertiary/aromatic N) is 3. The number of likely N-dealkylation sites (tertiary alicyclic amines) is 1. The van der Waals surface area contributed by atoms with Gasteiger partial charge in [0, 0.05) is 12.2 Å². The fourth-order valence-corrected chi connectivity index (χ4v) is 3.53. The number of aromatic nitrogens is 2. The van der Waals surface area contributed by atoms with Crippen molar-refractivity contribution in [3.05, 3.63) is 18.0 Å². The molecule has 1 aliphatic heterocycles. The zero-order chi connectivity index (χ0) is 12.4. The maximum atomic E-state index is 5.71. The van der Waals surface area contributed by atoms with Gasteiger partial charge < -0.3 is 5.73 Å². The molecular weight excluding hydrogens is 224 g/mol. The van der Waals surface area contributed by atoms with Gasteiger partial charge in [-0.15, -0.1) is 0 Å². The predicted molar refractivity (Wildman–Crippen MR) is 72.0 cm³/mol. The molecule has 4 heteroatoms. The van der Waals surface area contributed by atoms with Crippen molar-refractivity contribution < 1.29 is 0 Å². The minimum absolute atomic E-state index is 0.406. The van der Waals surface area contributed by atoms with E-state index in [9.17, 15) is 0 Å². The second-order valence-corrected chi connectivity index (χ2v) is 5.53. The van der Waals surface area contributed by atoms with Crippen molar-refractivity contribution in [2.75, 3.05) is 12.3 Å². The van der Waals surface area contributed by atoms with E-state index in [1.807, 2.05) is 6.07 Å². The molecule has 2 aliphatic rings. The van der Waals surface area contributed by atoms with Crippen LogP contribution < -0.4 is 5.73 Å². The standard InChI is InChI=1S/C14H22N4/c15-14-16-9-8-12(17-14)13-7-4-10-18(13)11-5-2-1-3-6-11/h8-9,11,13H,1-7,10H2,(H2,15,16,17). The Kier molecular flexibility index (Phi) is 3.46. The van der Waals surface area contributed by atoms with Gasteiger partial charge in [-0.05, 0) is 38.3 Å². The number of hydrogen-bond acceptors (Lipinski definition) is 4. The maximum absolute atomic E-state index is 5.71. The topological polar surface area (TPSA) is 55.0 Å². The molecule has 4 nitrogen and oxygen atoms in total. The molecule has 98 valence electrons. The third kappa shape index (κ3) is 2.34. The van der Waals surface area contributed by atoms with Crippen molar-refractivity contribution in [1.82, 2.24) is 14.9 Å². The second kappa shape index (κ2) is 5.22. The molecule has 1 aromatic heterocycles. The Balaban J connectivity index is 1.78. The fraction of sp³-hybridized carbons (Fsp3) is 0.714. The van der Waals surface area contributed by atoms with E-state index in [4.69, 9.17) is 5.73 Å². The molecule has 1 saturated carbocycles. The summed E-state index contributed by atoms with van der Waals surface area (Å²) in [5.41, 5.74) is 6.83. The quantitative estimate of drug-likeness (QED) is 0.871. The van der Waals surface area contributed by atoms with Crippen LogP contribution in [0, 0.1) is 0 Å². The normalized spacial score (nSPS) is 26.6. The summed E-state index contributed by atoms with van der Waals surface area (Å²) in [6, 6.07) is 3.27. The van der Waals surface area contributed by atoms with Gasteiger partial charge in [0.25, 0.3) is 0 Å². The van der Waals surface area contributed by atoms with E-state index in [0.29, 0.717) is 12.0 Å². The van der Waals surface area contributed by atoms with Crippen LogP contribution in [0.5, 0.6) is 0 Å². The van der Waals surface area contributed by atoms with Gasteiger partial charge in [0.1, 0.15) is 0 Å². The lowest BCUT2D eigenvalue weighted by Crippen LogP contribution is -2.36. The van der Waals surface area contributed by atoms with Gasteiger partial charge in [-0.3, -0.25) is 4.90 Å². The molecule has 0 spiro atoms. The zero-order valence-electron chi connectivity index (χ0n) is 10.9. The summed E-state index contributed by atoms with van der Waals surface area (Å²) in [4.78, 5) is 11.1. The van der Waals surface area contributed by atoms with Crippen LogP contribution >= 0.6 is 0 Å². The largest absolute Gasteiger partial charge is 0.368 e. The molecule has 2 heterocycles. The summed E-state index contributed by atoms with van der Waals surface area (Å²) in [5, 5.41) is 0. The number of rotatable bonds is 2. The molecule has 2 fully saturated rings. The van der Waals surface area contributed by atoms with Crippen molar-refractivity contribution in [2.45, 2.75) is 57.0 Å². The monoisotopic (exact) mass is 246 g/mol. The van der Waals surface area contributed by atoms with Crippen molar-refractivity contribution >= 4 is 5.95 Å². The number of anilines is 1. The van der Waals surface area contributed by atoms with Crippen molar-refractivity contribution in [2.24, 2.45) is 0 Å². The molecule has 1 unspecified atom stereocenters. The summed E-state index contributed by atoms with van der Waals surface area (Å²) >= 11 is 0. The van der Waals surface area contributed by atoms with Crippen LogP contribution in [0.25, 0.3) is 0 Å². The first-order valence-electron chi connectivity index (χ1n) is 7.19. The SMILES string of the molecule is Nc1nccc(C2CCCN2C2CCCCC2)n1. The van der Waals surface area contributed by atoms with Gasteiger partial charge in [0.2, 0.25) is 5.95 Å². The van der Waals surface area contributed by atoms with Gasteiger partial charge >= 0.3 is 0 Å². The van der Waals surface area contributed by atoms with Gasteiger partial charge in [-0.2, -0.15) is 0 Å². The molecule has 1 aliphatic carbocycles. The first kappa shape index (κ1) is 11.9. The first-order valence-corrected chi connectivity index (χ1v) is 7.19. The van der Waals surface area contributed by atoms with E-state index in [0.717, 1.165) is 11.7 Å². The van der Waals surface area contributed by atoms with E-state index >= 15 is 0 Å². The zero-order valence-corrected chi connectivity index (χ0v) is 10.9. The van der Waals surface area contributed by atoms with Crippen LogP contribution in [0.4, 0.5) is 5.95 Å². The molecule has 18 heavy (non-hydrogen) atoms. The van der Waals surface area contributed by atoms with E-state index in [1.54, 1.807) is 6.20 Å². The van der Waals surface area contributed by atoms with Crippen molar-refractivity contribution in [1.29, 1.82) is 0 Å². The highest BCUT2D eigenvalue weighted by Gasteiger charge is 2.33. The Labute approximate surface area is 109 Å². The highest BCUT2D eigenvalue weighted by Crippen LogP contribution is 2.36. The Morgan fingerprint density at radius 3 is 2.72 bits per heavy atom.